The molecule has 1 nitrogen and oxygen atoms in total. The van der Waals surface area contributed by atoms with Crippen LogP contribution in [0, 0.1) is 12.8 Å². The lowest BCUT2D eigenvalue weighted by Crippen LogP contribution is -2.06. The van der Waals surface area contributed by atoms with Crippen LogP contribution in [0.1, 0.15) is 56.8 Å². The van der Waals surface area contributed by atoms with Gasteiger partial charge in [-0.15, -0.1) is 0 Å². The Hall–Kier alpha value is -0.820. The Balaban J connectivity index is 2.56. The number of rotatable bonds is 6. The van der Waals surface area contributed by atoms with Crippen molar-refractivity contribution in [3.8, 4) is 0 Å². The molecule has 0 amide bonds. The molecule has 0 saturated carbocycles. The van der Waals surface area contributed by atoms with Gasteiger partial charge in [0, 0.05) is 0 Å². The third-order valence-corrected chi connectivity index (χ3v) is 3.29. The molecule has 0 spiro atoms. The molecule has 0 aliphatic carbocycles. The highest BCUT2D eigenvalue weighted by Gasteiger charge is 2.13. The third kappa shape index (κ3) is 3.97. The predicted molar refractivity (Wildman–Crippen MR) is 69.4 cm³/mol. The summed E-state index contributed by atoms with van der Waals surface area (Å²) in [6, 6.07) is 8.22. The summed E-state index contributed by atoms with van der Waals surface area (Å²) in [6.45, 7) is 6.49. The van der Waals surface area contributed by atoms with Gasteiger partial charge in [0.15, 0.2) is 0 Å². The summed E-state index contributed by atoms with van der Waals surface area (Å²) in [5.74, 6) is 0.654. The van der Waals surface area contributed by atoms with Crippen LogP contribution in [0.15, 0.2) is 24.3 Å². The molecule has 1 rings (SSSR count). The van der Waals surface area contributed by atoms with Gasteiger partial charge in [0.05, 0.1) is 6.10 Å². The molecule has 2 atom stereocenters. The molecule has 0 aromatic heterocycles. The minimum Gasteiger partial charge on any atom is -0.388 e. The average Bonchev–Trinajstić information content (AvgIpc) is 2.29. The zero-order valence-electron chi connectivity index (χ0n) is 10.7. The van der Waals surface area contributed by atoms with Gasteiger partial charge in [0.25, 0.3) is 0 Å². The van der Waals surface area contributed by atoms with Crippen molar-refractivity contribution in [3.63, 3.8) is 0 Å². The highest BCUT2D eigenvalue weighted by atomic mass is 16.3. The molecule has 1 aromatic carbocycles. The molecular formula is C15H24O. The van der Waals surface area contributed by atoms with E-state index >= 15 is 0 Å². The van der Waals surface area contributed by atoms with Crippen molar-refractivity contribution < 1.29 is 5.11 Å². The quantitative estimate of drug-likeness (QED) is 0.760. The highest BCUT2D eigenvalue weighted by Crippen LogP contribution is 2.26. The lowest BCUT2D eigenvalue weighted by molar-refractivity contribution is 0.139. The van der Waals surface area contributed by atoms with Crippen LogP contribution in [-0.2, 0) is 0 Å². The molecule has 1 heteroatoms. The molecule has 0 aliphatic heterocycles. The van der Waals surface area contributed by atoms with Gasteiger partial charge in [-0.1, -0.05) is 62.9 Å². The summed E-state index contributed by atoms with van der Waals surface area (Å²) < 4.78 is 0. The monoisotopic (exact) mass is 220 g/mol. The van der Waals surface area contributed by atoms with Crippen molar-refractivity contribution in [2.24, 2.45) is 5.92 Å². The first-order chi connectivity index (χ1) is 7.67. The molecule has 0 radical (unpaired) electrons. The van der Waals surface area contributed by atoms with Crippen molar-refractivity contribution in [3.05, 3.63) is 35.4 Å². The number of aliphatic hydroxyl groups is 1. The molecule has 2 unspecified atom stereocenters. The Kier molecular flexibility index (Phi) is 5.54. The summed E-state index contributed by atoms with van der Waals surface area (Å²) in [5.41, 5.74) is 2.30. The van der Waals surface area contributed by atoms with Crippen molar-refractivity contribution >= 4 is 0 Å². The van der Waals surface area contributed by atoms with Crippen LogP contribution >= 0.6 is 0 Å². The maximum absolute atomic E-state index is 10.1. The maximum Gasteiger partial charge on any atom is 0.0792 e. The zero-order valence-corrected chi connectivity index (χ0v) is 10.7. The normalized spacial score (nSPS) is 14.8. The average molecular weight is 220 g/mol. The van der Waals surface area contributed by atoms with E-state index in [-0.39, 0.29) is 6.10 Å². The Labute approximate surface area is 99.5 Å². The molecule has 0 saturated heterocycles. The van der Waals surface area contributed by atoms with E-state index in [4.69, 9.17) is 0 Å². The van der Waals surface area contributed by atoms with Gasteiger partial charge in [-0.2, -0.15) is 0 Å². The third-order valence-electron chi connectivity index (χ3n) is 3.29. The molecule has 0 aliphatic rings. The molecule has 0 heterocycles. The minimum absolute atomic E-state index is 0.294. The summed E-state index contributed by atoms with van der Waals surface area (Å²) in [6.07, 6.45) is 4.19. The maximum atomic E-state index is 10.1. The van der Waals surface area contributed by atoms with E-state index in [2.05, 4.69) is 32.9 Å². The fourth-order valence-corrected chi connectivity index (χ4v) is 2.14. The van der Waals surface area contributed by atoms with Crippen molar-refractivity contribution in [1.82, 2.24) is 0 Å². The Morgan fingerprint density at radius 1 is 1.12 bits per heavy atom. The first-order valence-corrected chi connectivity index (χ1v) is 6.42. The first-order valence-electron chi connectivity index (χ1n) is 6.42. The number of benzene rings is 1. The number of hydrogen-bond donors (Lipinski definition) is 1. The highest BCUT2D eigenvalue weighted by molar-refractivity contribution is 5.23. The van der Waals surface area contributed by atoms with E-state index in [9.17, 15) is 5.11 Å². The van der Waals surface area contributed by atoms with Crippen molar-refractivity contribution in [2.75, 3.05) is 0 Å². The van der Waals surface area contributed by atoms with Gasteiger partial charge in [-0.25, -0.2) is 0 Å². The van der Waals surface area contributed by atoms with Crippen molar-refractivity contribution in [2.45, 2.75) is 52.6 Å². The van der Waals surface area contributed by atoms with Gasteiger partial charge < -0.3 is 5.11 Å². The predicted octanol–water partition coefficient (Wildman–Crippen LogP) is 4.24. The molecule has 0 fully saturated rings. The van der Waals surface area contributed by atoms with E-state index in [0.717, 1.165) is 18.4 Å². The first kappa shape index (κ1) is 13.2. The summed E-state index contributed by atoms with van der Waals surface area (Å²) in [7, 11) is 0. The Morgan fingerprint density at radius 3 is 2.25 bits per heavy atom. The van der Waals surface area contributed by atoms with Crippen LogP contribution < -0.4 is 0 Å². The molecule has 1 N–H and O–H groups in total. The van der Waals surface area contributed by atoms with E-state index < -0.39 is 0 Å². The van der Waals surface area contributed by atoms with Crippen LogP contribution in [0.4, 0.5) is 0 Å². The van der Waals surface area contributed by atoms with E-state index in [1.807, 2.05) is 12.1 Å². The second-order valence-corrected chi connectivity index (χ2v) is 4.73. The molecule has 16 heavy (non-hydrogen) atoms. The van der Waals surface area contributed by atoms with E-state index in [1.54, 1.807) is 0 Å². The second-order valence-electron chi connectivity index (χ2n) is 4.73. The van der Waals surface area contributed by atoms with Crippen LogP contribution in [0.5, 0.6) is 0 Å². The summed E-state index contributed by atoms with van der Waals surface area (Å²) >= 11 is 0. The van der Waals surface area contributed by atoms with Gasteiger partial charge in [-0.05, 0) is 24.8 Å². The topological polar surface area (TPSA) is 20.2 Å². The van der Waals surface area contributed by atoms with Crippen molar-refractivity contribution in [1.29, 1.82) is 0 Å². The fourth-order valence-electron chi connectivity index (χ4n) is 2.14. The largest absolute Gasteiger partial charge is 0.388 e. The fraction of sp³-hybridized carbons (Fsp3) is 0.600. The van der Waals surface area contributed by atoms with Gasteiger partial charge in [0.2, 0.25) is 0 Å². The Bertz CT molecular complexity index is 289. The van der Waals surface area contributed by atoms with Crippen LogP contribution in [0.25, 0.3) is 0 Å². The van der Waals surface area contributed by atoms with Gasteiger partial charge in [-0.3, -0.25) is 0 Å². The minimum atomic E-state index is -0.294. The molecule has 1 aromatic rings. The van der Waals surface area contributed by atoms with E-state index in [1.165, 1.54) is 18.4 Å². The van der Waals surface area contributed by atoms with Crippen LogP contribution in [0.2, 0.25) is 0 Å². The SMILES string of the molecule is CCCC(CC)CC(O)c1ccc(C)cc1. The van der Waals surface area contributed by atoms with Gasteiger partial charge >= 0.3 is 0 Å². The molecule has 90 valence electrons. The Morgan fingerprint density at radius 2 is 1.75 bits per heavy atom. The number of aryl methyl sites for hydroxylation is 1. The number of aliphatic hydroxyl groups excluding tert-OH is 1. The number of hydrogen-bond acceptors (Lipinski definition) is 1. The molecular weight excluding hydrogens is 196 g/mol. The van der Waals surface area contributed by atoms with E-state index in [0.29, 0.717) is 5.92 Å². The van der Waals surface area contributed by atoms with Crippen LogP contribution in [-0.4, -0.2) is 5.11 Å². The lowest BCUT2D eigenvalue weighted by atomic mass is 9.91. The standard InChI is InChI=1S/C15H24O/c1-4-6-13(5-2)11-15(16)14-9-7-12(3)8-10-14/h7-10,13,15-16H,4-6,11H2,1-3H3. The van der Waals surface area contributed by atoms with Gasteiger partial charge in [0.1, 0.15) is 0 Å². The molecule has 0 bridgehead atoms. The summed E-state index contributed by atoms with van der Waals surface area (Å²) in [5, 5.41) is 10.1. The second kappa shape index (κ2) is 6.70. The van der Waals surface area contributed by atoms with Crippen LogP contribution in [0.3, 0.4) is 0 Å². The zero-order chi connectivity index (χ0) is 12.0. The lowest BCUT2D eigenvalue weighted by Gasteiger charge is -2.18. The smallest absolute Gasteiger partial charge is 0.0792 e. The summed E-state index contributed by atoms with van der Waals surface area (Å²) in [4.78, 5) is 0.